The molecule has 0 spiro atoms. The minimum Gasteiger partial charge on any atom is -0.392 e. The Hall–Kier alpha value is -0.780. The van der Waals surface area contributed by atoms with E-state index in [4.69, 9.17) is 22.4 Å². The van der Waals surface area contributed by atoms with Crippen LogP contribution in [0.15, 0.2) is 6.20 Å². The van der Waals surface area contributed by atoms with Gasteiger partial charge in [0.2, 0.25) is 0 Å². The van der Waals surface area contributed by atoms with Crippen molar-refractivity contribution in [1.82, 2.24) is 4.98 Å². The summed E-state index contributed by atoms with van der Waals surface area (Å²) < 4.78 is 25.1. The third-order valence-electron chi connectivity index (χ3n) is 1.86. The third-order valence-corrected chi connectivity index (χ3v) is 2.16. The number of nitrogens with two attached hydrogens (primary N) is 1. The molecule has 0 fully saturated rings. The average Bonchev–Trinajstić information content (AvgIpc) is 2.16. The Balaban J connectivity index is 3.35. The van der Waals surface area contributed by atoms with Crippen molar-refractivity contribution in [2.24, 2.45) is 5.73 Å². The quantitative estimate of drug-likeness (QED) is 0.765. The Kier molecular flexibility index (Phi) is 3.74. The van der Waals surface area contributed by atoms with Crippen LogP contribution in [-0.4, -0.2) is 10.1 Å². The molecule has 0 unspecified atom stereocenters. The zero-order valence-corrected chi connectivity index (χ0v) is 7.93. The number of aliphatic hydroxyl groups excluding tert-OH is 1. The fourth-order valence-corrected chi connectivity index (χ4v) is 1.42. The molecule has 0 amide bonds. The average molecular weight is 223 g/mol. The van der Waals surface area contributed by atoms with Crippen LogP contribution in [0, 0.1) is 0 Å². The van der Waals surface area contributed by atoms with Crippen LogP contribution in [0.5, 0.6) is 0 Å². The Bertz CT molecular complexity index is 333. The van der Waals surface area contributed by atoms with Crippen LogP contribution in [0.1, 0.15) is 23.1 Å². The van der Waals surface area contributed by atoms with Crippen LogP contribution in [0.3, 0.4) is 0 Å². The zero-order chi connectivity index (χ0) is 10.7. The third kappa shape index (κ3) is 2.00. The van der Waals surface area contributed by atoms with Crippen molar-refractivity contribution >= 4 is 11.6 Å². The molecule has 0 aliphatic rings. The Morgan fingerprint density at radius 1 is 1.57 bits per heavy atom. The Morgan fingerprint density at radius 2 is 2.21 bits per heavy atom. The second-order valence-electron chi connectivity index (χ2n) is 2.63. The minimum absolute atomic E-state index is 0.0994. The molecule has 0 saturated carbocycles. The van der Waals surface area contributed by atoms with Crippen LogP contribution in [0.25, 0.3) is 0 Å². The van der Waals surface area contributed by atoms with Gasteiger partial charge in [0.25, 0.3) is 6.43 Å². The summed E-state index contributed by atoms with van der Waals surface area (Å²) in [7, 11) is 0. The van der Waals surface area contributed by atoms with Gasteiger partial charge in [-0.25, -0.2) is 13.8 Å². The Morgan fingerprint density at radius 3 is 2.64 bits per heavy atom. The Labute approximate surface area is 84.5 Å². The van der Waals surface area contributed by atoms with Gasteiger partial charge in [0.05, 0.1) is 12.2 Å². The van der Waals surface area contributed by atoms with Gasteiger partial charge in [-0.1, -0.05) is 11.6 Å². The first kappa shape index (κ1) is 11.3. The lowest BCUT2D eigenvalue weighted by Crippen LogP contribution is -2.08. The van der Waals surface area contributed by atoms with Gasteiger partial charge in [0.1, 0.15) is 5.15 Å². The van der Waals surface area contributed by atoms with Crippen LogP contribution in [-0.2, 0) is 13.2 Å². The van der Waals surface area contributed by atoms with E-state index >= 15 is 0 Å². The van der Waals surface area contributed by atoms with Gasteiger partial charge in [-0.15, -0.1) is 0 Å². The lowest BCUT2D eigenvalue weighted by Gasteiger charge is -2.11. The van der Waals surface area contributed by atoms with Crippen molar-refractivity contribution in [2.75, 3.05) is 0 Å². The number of alkyl halides is 2. The monoisotopic (exact) mass is 222 g/mol. The number of halogens is 3. The number of aromatic nitrogens is 1. The summed E-state index contributed by atoms with van der Waals surface area (Å²) in [6, 6.07) is 0. The highest BCUT2D eigenvalue weighted by Gasteiger charge is 2.19. The maximum atomic E-state index is 12.5. The molecule has 0 aliphatic heterocycles. The van der Waals surface area contributed by atoms with Crippen LogP contribution < -0.4 is 5.73 Å². The van der Waals surface area contributed by atoms with E-state index in [1.165, 1.54) is 6.20 Å². The predicted octanol–water partition coefficient (Wildman–Crippen LogP) is 1.62. The fourth-order valence-electron chi connectivity index (χ4n) is 1.18. The molecule has 0 saturated heterocycles. The number of nitrogens with zero attached hydrogens (tertiary/aromatic N) is 1. The first-order valence-electron chi connectivity index (χ1n) is 3.87. The van der Waals surface area contributed by atoms with Crippen LogP contribution in [0.4, 0.5) is 8.78 Å². The summed E-state index contributed by atoms with van der Waals surface area (Å²) in [5.41, 5.74) is 5.37. The summed E-state index contributed by atoms with van der Waals surface area (Å²) in [4.78, 5) is 3.55. The molecule has 6 heteroatoms. The molecular formula is C8H9ClF2N2O. The smallest absolute Gasteiger partial charge is 0.267 e. The second kappa shape index (κ2) is 4.63. The van der Waals surface area contributed by atoms with Gasteiger partial charge < -0.3 is 10.8 Å². The van der Waals surface area contributed by atoms with Crippen molar-refractivity contribution < 1.29 is 13.9 Å². The van der Waals surface area contributed by atoms with Gasteiger partial charge in [-0.05, 0) is 5.56 Å². The summed E-state index contributed by atoms with van der Waals surface area (Å²) in [6.07, 6.45) is -1.49. The highest BCUT2D eigenvalue weighted by molar-refractivity contribution is 6.30. The molecule has 78 valence electrons. The lowest BCUT2D eigenvalue weighted by molar-refractivity contribution is 0.149. The summed E-state index contributed by atoms with van der Waals surface area (Å²) in [5.74, 6) is 0. The van der Waals surface area contributed by atoms with E-state index in [1.54, 1.807) is 0 Å². The summed E-state index contributed by atoms with van der Waals surface area (Å²) in [6.45, 7) is -0.478. The molecule has 14 heavy (non-hydrogen) atoms. The molecule has 3 N–H and O–H groups in total. The maximum absolute atomic E-state index is 12.5. The maximum Gasteiger partial charge on any atom is 0.267 e. The largest absolute Gasteiger partial charge is 0.392 e. The van der Waals surface area contributed by atoms with Crippen LogP contribution >= 0.6 is 11.6 Å². The molecule has 0 bridgehead atoms. The number of pyridine rings is 1. The van der Waals surface area contributed by atoms with Gasteiger partial charge in [0.15, 0.2) is 0 Å². The molecule has 3 nitrogen and oxygen atoms in total. The van der Waals surface area contributed by atoms with E-state index < -0.39 is 6.43 Å². The van der Waals surface area contributed by atoms with Crippen molar-refractivity contribution in [3.05, 3.63) is 28.0 Å². The van der Waals surface area contributed by atoms with E-state index in [-0.39, 0.29) is 35.0 Å². The molecular weight excluding hydrogens is 214 g/mol. The molecule has 1 rings (SSSR count). The van der Waals surface area contributed by atoms with E-state index in [0.29, 0.717) is 0 Å². The number of rotatable bonds is 3. The summed E-state index contributed by atoms with van der Waals surface area (Å²) in [5, 5.41) is 8.60. The molecule has 0 aromatic carbocycles. The summed E-state index contributed by atoms with van der Waals surface area (Å²) >= 11 is 5.50. The van der Waals surface area contributed by atoms with E-state index in [2.05, 4.69) is 4.98 Å². The number of hydrogen-bond acceptors (Lipinski definition) is 3. The van der Waals surface area contributed by atoms with E-state index in [9.17, 15) is 8.78 Å². The van der Waals surface area contributed by atoms with Gasteiger partial charge in [-0.2, -0.15) is 0 Å². The van der Waals surface area contributed by atoms with Crippen molar-refractivity contribution in [3.8, 4) is 0 Å². The molecule has 0 radical (unpaired) electrons. The first-order chi connectivity index (χ1) is 6.61. The highest BCUT2D eigenvalue weighted by atomic mass is 35.5. The topological polar surface area (TPSA) is 59.1 Å². The van der Waals surface area contributed by atoms with Gasteiger partial charge in [0, 0.05) is 18.3 Å². The SMILES string of the molecule is NCc1c(CO)cnc(Cl)c1C(F)F. The molecule has 0 aliphatic carbocycles. The van der Waals surface area contributed by atoms with E-state index in [1.807, 2.05) is 0 Å². The predicted molar refractivity (Wildman–Crippen MR) is 48.0 cm³/mol. The second-order valence-corrected chi connectivity index (χ2v) is 2.99. The zero-order valence-electron chi connectivity index (χ0n) is 7.17. The molecule has 1 aromatic heterocycles. The first-order valence-corrected chi connectivity index (χ1v) is 4.24. The van der Waals surface area contributed by atoms with Crippen molar-refractivity contribution in [3.63, 3.8) is 0 Å². The van der Waals surface area contributed by atoms with Crippen molar-refractivity contribution in [1.29, 1.82) is 0 Å². The molecule has 1 aromatic rings. The van der Waals surface area contributed by atoms with Crippen molar-refractivity contribution in [2.45, 2.75) is 19.6 Å². The fraction of sp³-hybridized carbons (Fsp3) is 0.375. The minimum atomic E-state index is -2.74. The highest BCUT2D eigenvalue weighted by Crippen LogP contribution is 2.30. The van der Waals surface area contributed by atoms with Gasteiger partial charge >= 0.3 is 0 Å². The van der Waals surface area contributed by atoms with E-state index in [0.717, 1.165) is 0 Å². The van der Waals surface area contributed by atoms with Crippen LogP contribution in [0.2, 0.25) is 5.15 Å². The molecule has 0 atom stereocenters. The standard InChI is InChI=1S/C8H9ClF2N2O/c9-7-6(8(10)11)5(1-12)4(3-14)2-13-7/h2,8,14H,1,3,12H2. The molecule has 1 heterocycles. The van der Waals surface area contributed by atoms with Gasteiger partial charge in [-0.3, -0.25) is 0 Å². The normalized spacial score (nSPS) is 11.0. The lowest BCUT2D eigenvalue weighted by atomic mass is 10.1. The number of hydrogen-bond donors (Lipinski definition) is 2. The number of aliphatic hydroxyl groups is 1.